The summed E-state index contributed by atoms with van der Waals surface area (Å²) in [4.78, 5) is 29.9. The fourth-order valence-corrected chi connectivity index (χ4v) is 2.27. The quantitative estimate of drug-likeness (QED) is 0.865. The second-order valence-electron chi connectivity index (χ2n) is 5.07. The maximum atomic E-state index is 12.2. The third-order valence-electron chi connectivity index (χ3n) is 3.55. The number of hydrogen-bond acceptors (Lipinski definition) is 4. The van der Waals surface area contributed by atoms with E-state index in [1.807, 2.05) is 13.0 Å². The first-order valence-electron chi connectivity index (χ1n) is 7.06. The van der Waals surface area contributed by atoms with Gasteiger partial charge >= 0.3 is 5.63 Å². The average molecular weight is 284 g/mol. The molecule has 21 heavy (non-hydrogen) atoms. The van der Waals surface area contributed by atoms with Crippen LogP contribution in [0.5, 0.6) is 0 Å². The van der Waals surface area contributed by atoms with Crippen LogP contribution in [0.1, 0.15) is 19.8 Å². The highest BCUT2D eigenvalue weighted by atomic mass is 16.4. The Morgan fingerprint density at radius 3 is 2.76 bits per heavy atom. The van der Waals surface area contributed by atoms with Gasteiger partial charge in [0.1, 0.15) is 11.4 Å². The molecule has 5 heteroatoms. The molecule has 0 N–H and O–H groups in total. The van der Waals surface area contributed by atoms with Crippen LogP contribution in [-0.4, -0.2) is 17.4 Å². The number of amides is 1. The maximum Gasteiger partial charge on any atom is 0.360 e. The number of hydrogen-bond donors (Lipinski definition) is 0. The van der Waals surface area contributed by atoms with Gasteiger partial charge in [-0.15, -0.1) is 0 Å². The molecule has 3 rings (SSSR count). The third-order valence-corrected chi connectivity index (χ3v) is 3.55. The van der Waals surface area contributed by atoms with Gasteiger partial charge in [0, 0.05) is 30.4 Å². The van der Waals surface area contributed by atoms with Gasteiger partial charge in [-0.1, -0.05) is 0 Å². The van der Waals surface area contributed by atoms with Gasteiger partial charge in [-0.05, 0) is 44.0 Å². The first-order valence-corrected chi connectivity index (χ1v) is 7.06. The van der Waals surface area contributed by atoms with E-state index < -0.39 is 5.63 Å². The van der Waals surface area contributed by atoms with Gasteiger partial charge in [0.05, 0.1) is 0 Å². The van der Waals surface area contributed by atoms with Gasteiger partial charge < -0.3 is 9.32 Å². The summed E-state index contributed by atoms with van der Waals surface area (Å²) in [6, 6.07) is 6.95. The highest BCUT2D eigenvalue weighted by molar-refractivity contribution is 5.96. The fraction of sp³-hybridized carbons (Fsp3) is 0.312. The number of aromatic nitrogens is 1. The Bertz CT molecular complexity index is 705. The number of carbonyl (C=O) groups is 1. The molecule has 0 bridgehead atoms. The van der Waals surface area contributed by atoms with Crippen molar-refractivity contribution >= 4 is 11.6 Å². The van der Waals surface area contributed by atoms with E-state index in [0.29, 0.717) is 18.0 Å². The van der Waals surface area contributed by atoms with Crippen molar-refractivity contribution in [3.63, 3.8) is 0 Å². The van der Waals surface area contributed by atoms with Crippen LogP contribution in [0.2, 0.25) is 0 Å². The molecule has 0 aliphatic heterocycles. The zero-order chi connectivity index (χ0) is 14.8. The summed E-state index contributed by atoms with van der Waals surface area (Å²) < 4.78 is 5.34. The molecule has 0 spiro atoms. The molecular weight excluding hydrogens is 268 g/mol. The van der Waals surface area contributed by atoms with Crippen molar-refractivity contribution in [3.8, 4) is 11.3 Å². The Kier molecular flexibility index (Phi) is 3.56. The summed E-state index contributed by atoms with van der Waals surface area (Å²) in [6.45, 7) is 2.32. The first kappa shape index (κ1) is 13.5. The minimum atomic E-state index is -0.493. The van der Waals surface area contributed by atoms with Crippen molar-refractivity contribution in [2.45, 2.75) is 19.8 Å². The molecule has 0 radical (unpaired) electrons. The maximum absolute atomic E-state index is 12.2. The van der Waals surface area contributed by atoms with Crippen molar-refractivity contribution in [1.82, 2.24) is 4.98 Å². The summed E-state index contributed by atoms with van der Waals surface area (Å²) in [5.74, 6) is 0.535. The fourth-order valence-electron chi connectivity index (χ4n) is 2.27. The number of anilines is 1. The largest absolute Gasteiger partial charge is 0.421 e. The van der Waals surface area contributed by atoms with Crippen LogP contribution in [-0.2, 0) is 4.79 Å². The van der Waals surface area contributed by atoms with Crippen LogP contribution in [0.4, 0.5) is 5.69 Å². The molecule has 1 amide bonds. The predicted octanol–water partition coefficient (Wildman–Crippen LogP) is 2.46. The number of nitrogens with zero attached hydrogens (tertiary/aromatic N) is 2. The molecule has 2 aromatic rings. The van der Waals surface area contributed by atoms with Crippen LogP contribution in [0.25, 0.3) is 11.3 Å². The SMILES string of the molecule is CCN(C(=O)C1CC1)c1ccc(-c2cccnc2)oc1=O. The summed E-state index contributed by atoms with van der Waals surface area (Å²) in [7, 11) is 0. The van der Waals surface area contributed by atoms with E-state index >= 15 is 0 Å². The molecule has 0 unspecified atom stereocenters. The molecule has 2 heterocycles. The van der Waals surface area contributed by atoms with E-state index in [-0.39, 0.29) is 11.8 Å². The molecule has 108 valence electrons. The van der Waals surface area contributed by atoms with E-state index in [1.54, 1.807) is 30.6 Å². The molecule has 1 saturated carbocycles. The van der Waals surface area contributed by atoms with Crippen molar-refractivity contribution in [2.24, 2.45) is 5.92 Å². The average Bonchev–Trinajstić information content (AvgIpc) is 3.35. The Morgan fingerprint density at radius 1 is 1.38 bits per heavy atom. The Labute approximate surface area is 122 Å². The van der Waals surface area contributed by atoms with E-state index in [4.69, 9.17) is 4.42 Å². The standard InChI is InChI=1S/C16H16N2O3/c1-2-18(15(19)11-5-6-11)13-7-8-14(21-16(13)20)12-4-3-9-17-10-12/h3-4,7-11H,2,5-6H2,1H3. The lowest BCUT2D eigenvalue weighted by Crippen LogP contribution is -2.35. The normalized spacial score (nSPS) is 14.0. The molecule has 1 fully saturated rings. The molecule has 1 aliphatic rings. The minimum Gasteiger partial charge on any atom is -0.421 e. The predicted molar refractivity (Wildman–Crippen MR) is 79.0 cm³/mol. The summed E-state index contributed by atoms with van der Waals surface area (Å²) in [6.07, 6.45) is 5.11. The smallest absolute Gasteiger partial charge is 0.360 e. The van der Waals surface area contributed by atoms with Crippen molar-refractivity contribution < 1.29 is 9.21 Å². The first-order chi connectivity index (χ1) is 10.2. The van der Waals surface area contributed by atoms with Crippen molar-refractivity contribution in [1.29, 1.82) is 0 Å². The van der Waals surface area contributed by atoms with E-state index in [1.165, 1.54) is 4.90 Å². The van der Waals surface area contributed by atoms with Gasteiger partial charge in [-0.25, -0.2) is 4.79 Å². The highest BCUT2D eigenvalue weighted by Gasteiger charge is 2.34. The van der Waals surface area contributed by atoms with Crippen LogP contribution < -0.4 is 10.5 Å². The van der Waals surface area contributed by atoms with E-state index in [9.17, 15) is 9.59 Å². The molecule has 1 aliphatic carbocycles. The zero-order valence-corrected chi connectivity index (χ0v) is 11.8. The number of pyridine rings is 1. The monoisotopic (exact) mass is 284 g/mol. The second kappa shape index (κ2) is 5.52. The van der Waals surface area contributed by atoms with Gasteiger partial charge in [-0.2, -0.15) is 0 Å². The summed E-state index contributed by atoms with van der Waals surface area (Å²) in [5.41, 5.74) is 0.548. The van der Waals surface area contributed by atoms with Gasteiger partial charge in [0.15, 0.2) is 0 Å². The molecule has 0 saturated heterocycles. The lowest BCUT2D eigenvalue weighted by atomic mass is 10.2. The van der Waals surface area contributed by atoms with Gasteiger partial charge in [0.2, 0.25) is 5.91 Å². The molecule has 0 atom stereocenters. The lowest BCUT2D eigenvalue weighted by Gasteiger charge is -2.19. The van der Waals surface area contributed by atoms with E-state index in [2.05, 4.69) is 4.98 Å². The Hall–Kier alpha value is -2.43. The van der Waals surface area contributed by atoms with Crippen LogP contribution in [0.3, 0.4) is 0 Å². The molecule has 5 nitrogen and oxygen atoms in total. The summed E-state index contributed by atoms with van der Waals surface area (Å²) >= 11 is 0. The van der Waals surface area contributed by atoms with Crippen molar-refractivity contribution in [3.05, 3.63) is 47.1 Å². The lowest BCUT2D eigenvalue weighted by molar-refractivity contribution is -0.119. The van der Waals surface area contributed by atoms with Crippen LogP contribution in [0, 0.1) is 5.92 Å². The molecule has 0 aromatic carbocycles. The third kappa shape index (κ3) is 2.72. The Balaban J connectivity index is 1.94. The zero-order valence-electron chi connectivity index (χ0n) is 11.8. The van der Waals surface area contributed by atoms with Crippen LogP contribution in [0.15, 0.2) is 45.9 Å². The van der Waals surface area contributed by atoms with Crippen LogP contribution >= 0.6 is 0 Å². The second-order valence-corrected chi connectivity index (χ2v) is 5.07. The minimum absolute atomic E-state index is 0.0129. The number of carbonyl (C=O) groups excluding carboxylic acids is 1. The van der Waals surface area contributed by atoms with Crippen molar-refractivity contribution in [2.75, 3.05) is 11.4 Å². The molecular formula is C16H16N2O3. The number of rotatable bonds is 4. The topological polar surface area (TPSA) is 63.4 Å². The van der Waals surface area contributed by atoms with Gasteiger partial charge in [0.25, 0.3) is 0 Å². The Morgan fingerprint density at radius 2 is 2.19 bits per heavy atom. The summed E-state index contributed by atoms with van der Waals surface area (Å²) in [5, 5.41) is 0. The van der Waals surface area contributed by atoms with Gasteiger partial charge in [-0.3, -0.25) is 9.78 Å². The van der Waals surface area contributed by atoms with E-state index in [0.717, 1.165) is 18.4 Å². The highest BCUT2D eigenvalue weighted by Crippen LogP contribution is 2.32. The molecule has 2 aromatic heterocycles.